The van der Waals surface area contributed by atoms with Gasteiger partial charge in [-0.05, 0) is 116 Å². The second kappa shape index (κ2) is 15.3. The van der Waals surface area contributed by atoms with Crippen molar-refractivity contribution in [2.45, 2.75) is 32.6 Å². The van der Waals surface area contributed by atoms with Crippen molar-refractivity contribution in [1.29, 1.82) is 0 Å². The third-order valence-corrected chi connectivity index (χ3v) is 15.3. The molecule has 13 nitrogen and oxygen atoms in total. The second-order valence-electron chi connectivity index (χ2n) is 17.4. The van der Waals surface area contributed by atoms with Gasteiger partial charge in [0, 0.05) is 60.2 Å². The first-order valence-electron chi connectivity index (χ1n) is 21.0. The molecule has 0 radical (unpaired) electrons. The lowest BCUT2D eigenvalue weighted by molar-refractivity contribution is -0.131. The Balaban J connectivity index is 0.996. The number of imide groups is 2. The van der Waals surface area contributed by atoms with Crippen molar-refractivity contribution >= 4 is 85.2 Å². The number of halogens is 1. The van der Waals surface area contributed by atoms with E-state index in [1.54, 1.807) is 72.5 Å². The Bertz CT molecular complexity index is 3010. The molecule has 4 heterocycles. The number of hydrogen-bond donors (Lipinski definition) is 1. The zero-order valence-electron chi connectivity index (χ0n) is 35.9. The van der Waals surface area contributed by atoms with Crippen molar-refractivity contribution in [1.82, 2.24) is 9.78 Å². The SMILES string of the molecule is COc1ccc(C2C3=CCC4C(=O)N(c5ccc(N=Nc6ccc(N(C)C)cc6)cc5)C(=O)C4C3CC3C(=O)N(c4cc(-c5sc6ccc(Cl)cc6c5C)nn4C)C(=O)C32C)c(O)c1. The monoisotopic (exact) mass is 893 g/mol. The Labute approximate surface area is 378 Å². The fourth-order valence-corrected chi connectivity index (χ4v) is 11.9. The van der Waals surface area contributed by atoms with Crippen LogP contribution in [0.3, 0.4) is 0 Å². The Morgan fingerprint density at radius 2 is 1.58 bits per heavy atom. The molecule has 1 saturated carbocycles. The number of aromatic hydroxyl groups is 1. The number of anilines is 3. The highest BCUT2D eigenvalue weighted by molar-refractivity contribution is 7.22. The van der Waals surface area contributed by atoms with Crippen molar-refractivity contribution in [3.63, 3.8) is 0 Å². The number of fused-ring (bicyclic) bond motifs is 5. The quantitative estimate of drug-likeness (QED) is 0.0902. The van der Waals surface area contributed by atoms with Crippen LogP contribution in [0.4, 0.5) is 28.6 Å². The van der Waals surface area contributed by atoms with Crippen LogP contribution in [0.25, 0.3) is 20.7 Å². The molecule has 3 fully saturated rings. The molecular weight excluding hydrogens is 850 g/mol. The number of hydrogen-bond acceptors (Lipinski definition) is 11. The van der Waals surface area contributed by atoms with Gasteiger partial charge in [-0.2, -0.15) is 15.3 Å². The highest BCUT2D eigenvalue weighted by Crippen LogP contribution is 2.64. The molecule has 0 spiro atoms. The zero-order valence-corrected chi connectivity index (χ0v) is 37.5. The third-order valence-electron chi connectivity index (χ3n) is 13.8. The lowest BCUT2D eigenvalue weighted by Gasteiger charge is -2.49. The summed E-state index contributed by atoms with van der Waals surface area (Å²) < 4.78 is 8.01. The van der Waals surface area contributed by atoms with Crippen LogP contribution in [0.5, 0.6) is 11.5 Å². The number of carbonyl (C=O) groups excluding carboxylic acids is 4. The minimum Gasteiger partial charge on any atom is -0.508 e. The number of phenolic OH excluding ortho intramolecular Hbond substituents is 1. The molecule has 4 aromatic carbocycles. The third kappa shape index (κ3) is 6.28. The molecule has 2 aliphatic carbocycles. The number of rotatable bonds is 8. The van der Waals surface area contributed by atoms with Gasteiger partial charge in [0.25, 0.3) is 0 Å². The normalized spacial score (nSPS) is 24.1. The number of allylic oxidation sites excluding steroid dienone is 2. The number of phenols is 1. The van der Waals surface area contributed by atoms with E-state index in [0.717, 1.165) is 31.8 Å². The van der Waals surface area contributed by atoms with Gasteiger partial charge in [0.1, 0.15) is 23.0 Å². The summed E-state index contributed by atoms with van der Waals surface area (Å²) in [6.45, 7) is 3.79. The van der Waals surface area contributed by atoms with E-state index in [1.165, 1.54) is 23.0 Å². The Morgan fingerprint density at radius 1 is 0.875 bits per heavy atom. The summed E-state index contributed by atoms with van der Waals surface area (Å²) in [6.07, 6.45) is 2.37. The smallest absolute Gasteiger partial charge is 0.242 e. The number of methoxy groups -OCH3 is 1. The van der Waals surface area contributed by atoms with Gasteiger partial charge in [-0.3, -0.25) is 28.8 Å². The van der Waals surface area contributed by atoms with Gasteiger partial charge < -0.3 is 14.7 Å². The number of aromatic nitrogens is 2. The first-order chi connectivity index (χ1) is 30.7. The molecule has 4 aliphatic rings. The van der Waals surface area contributed by atoms with Gasteiger partial charge in [0.15, 0.2) is 0 Å². The number of carbonyl (C=O) groups is 4. The van der Waals surface area contributed by atoms with Crippen LogP contribution in [-0.4, -0.2) is 59.7 Å². The largest absolute Gasteiger partial charge is 0.508 e. The summed E-state index contributed by atoms with van der Waals surface area (Å²) in [5.74, 6) is -4.69. The van der Waals surface area contributed by atoms with E-state index in [0.29, 0.717) is 44.9 Å². The van der Waals surface area contributed by atoms with E-state index >= 15 is 9.59 Å². The fourth-order valence-electron chi connectivity index (χ4n) is 10.5. The second-order valence-corrected chi connectivity index (χ2v) is 18.9. The average Bonchev–Trinajstić information content (AvgIpc) is 3.96. The highest BCUT2D eigenvalue weighted by Gasteiger charge is 2.68. The van der Waals surface area contributed by atoms with Crippen molar-refractivity contribution in [2.75, 3.05) is 35.9 Å². The highest BCUT2D eigenvalue weighted by atomic mass is 35.5. The van der Waals surface area contributed by atoms with Crippen LogP contribution in [0, 0.1) is 36.0 Å². The molecule has 6 atom stereocenters. The number of amides is 4. The van der Waals surface area contributed by atoms with Crippen LogP contribution in [0.2, 0.25) is 5.02 Å². The van der Waals surface area contributed by atoms with Crippen LogP contribution >= 0.6 is 22.9 Å². The molecular formula is C49H44ClN7O6S. The maximum Gasteiger partial charge on any atom is 0.242 e. The molecule has 6 aromatic rings. The molecule has 15 heteroatoms. The van der Waals surface area contributed by atoms with Crippen molar-refractivity contribution in [3.8, 4) is 22.1 Å². The minimum atomic E-state index is -1.38. The maximum absolute atomic E-state index is 15.3. The minimum absolute atomic E-state index is 0.104. The molecule has 324 valence electrons. The topological polar surface area (TPSA) is 150 Å². The number of thiophene rings is 1. The van der Waals surface area contributed by atoms with Gasteiger partial charge in [-0.25, -0.2) is 4.90 Å². The Hall–Kier alpha value is -6.64. The predicted molar refractivity (Wildman–Crippen MR) is 247 cm³/mol. The van der Waals surface area contributed by atoms with E-state index in [1.807, 2.05) is 74.5 Å². The molecule has 10 rings (SSSR count). The molecule has 1 N–H and O–H groups in total. The molecule has 2 aromatic heterocycles. The molecule has 6 unspecified atom stereocenters. The molecule has 2 saturated heterocycles. The van der Waals surface area contributed by atoms with Crippen molar-refractivity contribution < 1.29 is 29.0 Å². The van der Waals surface area contributed by atoms with Gasteiger partial charge >= 0.3 is 0 Å². The van der Waals surface area contributed by atoms with E-state index in [9.17, 15) is 14.7 Å². The number of aryl methyl sites for hydroxylation is 2. The first kappa shape index (κ1) is 41.4. The number of benzene rings is 4. The van der Waals surface area contributed by atoms with E-state index < -0.39 is 46.8 Å². The number of nitrogens with zero attached hydrogens (tertiary/aromatic N) is 7. The van der Waals surface area contributed by atoms with Crippen LogP contribution in [-0.2, 0) is 26.2 Å². The molecule has 2 aliphatic heterocycles. The van der Waals surface area contributed by atoms with Gasteiger partial charge in [0.05, 0.1) is 52.2 Å². The van der Waals surface area contributed by atoms with Crippen LogP contribution in [0.1, 0.15) is 36.8 Å². The summed E-state index contributed by atoms with van der Waals surface area (Å²) in [5, 5.41) is 26.8. The maximum atomic E-state index is 15.3. The lowest BCUT2D eigenvalue weighted by atomic mass is 9.51. The summed E-state index contributed by atoms with van der Waals surface area (Å²) >= 11 is 7.90. The number of ether oxygens (including phenoxy) is 1. The number of azo groups is 1. The standard InChI is InChI=1S/C49H44ClN7O6S/c1-25-35-21-26(50)7-20-40(35)64-44(25)38-24-41(55(5)53-38)57-46(60)37-23-36-32(43(49(37,2)48(57)62)33-17-16-31(63-6)22-39(33)58)18-19-34-42(36)47(61)56(45(34)59)30-14-10-28(11-15-30)52-51-27-8-12-29(13-9-27)54(3)4/h7-18,20-22,24,34,36-37,42-43,58H,19,23H2,1-6H3. The van der Waals surface area contributed by atoms with Gasteiger partial charge in [-0.1, -0.05) is 29.3 Å². The van der Waals surface area contributed by atoms with Crippen molar-refractivity contribution in [3.05, 3.63) is 119 Å². The zero-order chi connectivity index (χ0) is 44.9. The molecule has 64 heavy (non-hydrogen) atoms. The molecule has 4 amide bonds. The fraction of sp³-hybridized carbons (Fsp3) is 0.286. The summed E-state index contributed by atoms with van der Waals surface area (Å²) in [4.78, 5) is 64.7. The van der Waals surface area contributed by atoms with Gasteiger partial charge in [0.2, 0.25) is 23.6 Å². The summed E-state index contributed by atoms with van der Waals surface area (Å²) in [6, 6.07) is 26.9. The predicted octanol–water partition coefficient (Wildman–Crippen LogP) is 9.89. The lowest BCUT2D eigenvalue weighted by Crippen LogP contribution is -2.49. The van der Waals surface area contributed by atoms with Crippen molar-refractivity contribution in [2.24, 2.45) is 46.4 Å². The van der Waals surface area contributed by atoms with E-state index in [4.69, 9.17) is 21.4 Å². The van der Waals surface area contributed by atoms with Crippen LogP contribution < -0.4 is 19.4 Å². The Morgan fingerprint density at radius 3 is 2.25 bits per heavy atom. The summed E-state index contributed by atoms with van der Waals surface area (Å²) in [5.41, 5.74) is 4.09. The van der Waals surface area contributed by atoms with Gasteiger partial charge in [-0.15, -0.1) is 11.3 Å². The average molecular weight is 894 g/mol. The van der Waals surface area contributed by atoms with E-state index in [2.05, 4.69) is 10.2 Å². The van der Waals surface area contributed by atoms with Crippen LogP contribution in [0.15, 0.2) is 113 Å². The Kier molecular flexibility index (Phi) is 9.87. The summed E-state index contributed by atoms with van der Waals surface area (Å²) in [7, 11) is 7.13. The first-order valence-corrected chi connectivity index (χ1v) is 22.2. The van der Waals surface area contributed by atoms with E-state index in [-0.39, 0.29) is 30.4 Å². The molecule has 0 bridgehead atoms.